The lowest BCUT2D eigenvalue weighted by atomic mass is 10.0. The minimum absolute atomic E-state index is 0.00942. The molecule has 1 aliphatic heterocycles. The van der Waals surface area contributed by atoms with Crippen molar-refractivity contribution in [3.8, 4) is 0 Å². The van der Waals surface area contributed by atoms with Crippen LogP contribution in [0, 0.1) is 5.92 Å². The summed E-state index contributed by atoms with van der Waals surface area (Å²) in [6.07, 6.45) is 2.09. The molecule has 1 aliphatic rings. The van der Waals surface area contributed by atoms with E-state index in [1.807, 2.05) is 11.8 Å². The summed E-state index contributed by atoms with van der Waals surface area (Å²) in [5.41, 5.74) is 0. The first kappa shape index (κ1) is 17.6. The van der Waals surface area contributed by atoms with Crippen LogP contribution in [-0.2, 0) is 14.3 Å². The number of esters is 1. The first-order chi connectivity index (χ1) is 10.0. The molecule has 3 N–H and O–H groups in total. The lowest BCUT2D eigenvalue weighted by Gasteiger charge is -2.22. The van der Waals surface area contributed by atoms with Gasteiger partial charge in [-0.2, -0.15) is 11.8 Å². The molecule has 1 atom stereocenters. The quantitative estimate of drug-likeness (QED) is 0.601. The average molecular weight is 318 g/mol. The molecule has 0 aromatic rings. The van der Waals surface area contributed by atoms with Gasteiger partial charge in [0.15, 0.2) is 0 Å². The van der Waals surface area contributed by atoms with E-state index in [0.717, 1.165) is 24.3 Å². The molecule has 21 heavy (non-hydrogen) atoms. The first-order valence-corrected chi connectivity index (χ1v) is 8.10. The molecule has 120 valence electrons. The van der Waals surface area contributed by atoms with Crippen LogP contribution >= 0.6 is 11.8 Å². The van der Waals surface area contributed by atoms with E-state index in [4.69, 9.17) is 5.11 Å². The third-order valence-corrected chi connectivity index (χ3v) is 4.41. The summed E-state index contributed by atoms with van der Waals surface area (Å²) in [7, 11) is 1.24. The molecule has 1 fully saturated rings. The Hall–Kier alpha value is -1.44. The fourth-order valence-corrected chi connectivity index (χ4v) is 3.22. The van der Waals surface area contributed by atoms with Gasteiger partial charge in [0.1, 0.15) is 6.04 Å². The summed E-state index contributed by atoms with van der Waals surface area (Å²) in [4.78, 5) is 33.8. The van der Waals surface area contributed by atoms with E-state index < -0.39 is 24.0 Å². The van der Waals surface area contributed by atoms with Gasteiger partial charge < -0.3 is 20.5 Å². The lowest BCUT2D eigenvalue weighted by Crippen LogP contribution is -2.47. The van der Waals surface area contributed by atoms with Crippen molar-refractivity contribution in [1.82, 2.24) is 10.6 Å². The molecule has 7 nitrogen and oxygen atoms in total. The van der Waals surface area contributed by atoms with E-state index in [9.17, 15) is 14.4 Å². The highest BCUT2D eigenvalue weighted by atomic mass is 32.2. The molecule has 8 heteroatoms. The summed E-state index contributed by atoms with van der Waals surface area (Å²) >= 11 is 1.91. The molecular weight excluding hydrogens is 296 g/mol. The molecule has 0 bridgehead atoms. The van der Waals surface area contributed by atoms with Crippen LogP contribution in [0.1, 0.15) is 25.7 Å². The Morgan fingerprint density at radius 1 is 1.33 bits per heavy atom. The number of rotatable bonds is 7. The number of carbonyl (C=O) groups excluding carboxylic acids is 2. The summed E-state index contributed by atoms with van der Waals surface area (Å²) in [6.45, 7) is 0.551. The smallest absolute Gasteiger partial charge is 0.326 e. The zero-order valence-electron chi connectivity index (χ0n) is 12.1. The molecule has 0 saturated carbocycles. The van der Waals surface area contributed by atoms with Gasteiger partial charge in [-0.3, -0.25) is 4.79 Å². The number of ether oxygens (including phenoxy) is 1. The Morgan fingerprint density at radius 2 is 2.00 bits per heavy atom. The maximum atomic E-state index is 11.7. The van der Waals surface area contributed by atoms with Crippen LogP contribution in [0.2, 0.25) is 0 Å². The molecule has 1 heterocycles. The lowest BCUT2D eigenvalue weighted by molar-refractivity contribution is -0.142. The van der Waals surface area contributed by atoms with Gasteiger partial charge in [-0.25, -0.2) is 9.59 Å². The van der Waals surface area contributed by atoms with Crippen molar-refractivity contribution in [2.45, 2.75) is 31.7 Å². The number of hydrogen-bond donors (Lipinski definition) is 3. The third-order valence-electron chi connectivity index (χ3n) is 3.36. The van der Waals surface area contributed by atoms with Crippen LogP contribution in [-0.4, -0.2) is 54.3 Å². The van der Waals surface area contributed by atoms with Gasteiger partial charge in [-0.05, 0) is 36.7 Å². The zero-order chi connectivity index (χ0) is 15.7. The summed E-state index contributed by atoms with van der Waals surface area (Å²) < 4.78 is 4.45. The molecule has 2 amide bonds. The highest BCUT2D eigenvalue weighted by Crippen LogP contribution is 2.21. The Morgan fingerprint density at radius 3 is 2.57 bits per heavy atom. The van der Waals surface area contributed by atoms with Crippen LogP contribution in [0.4, 0.5) is 4.79 Å². The SMILES string of the molecule is COC(=O)CC[C@H](NC(=O)NCC1CCSCC1)C(=O)O. The Bertz CT molecular complexity index is 372. The van der Waals surface area contributed by atoms with Gasteiger partial charge >= 0.3 is 18.0 Å². The maximum absolute atomic E-state index is 11.7. The normalized spacial score (nSPS) is 16.8. The van der Waals surface area contributed by atoms with Gasteiger partial charge in [0, 0.05) is 13.0 Å². The number of thioether (sulfide) groups is 1. The van der Waals surface area contributed by atoms with E-state index in [1.165, 1.54) is 7.11 Å². The molecular formula is C13H22N2O5S. The number of amides is 2. The zero-order valence-corrected chi connectivity index (χ0v) is 12.9. The van der Waals surface area contributed by atoms with Crippen molar-refractivity contribution in [2.75, 3.05) is 25.2 Å². The van der Waals surface area contributed by atoms with Crippen molar-refractivity contribution in [3.63, 3.8) is 0 Å². The van der Waals surface area contributed by atoms with Crippen molar-refractivity contribution in [3.05, 3.63) is 0 Å². The number of hydrogen-bond acceptors (Lipinski definition) is 5. The fourth-order valence-electron chi connectivity index (χ4n) is 2.02. The second-order valence-corrected chi connectivity index (χ2v) is 6.14. The highest BCUT2D eigenvalue weighted by molar-refractivity contribution is 7.99. The number of carboxylic acids is 1. The second kappa shape index (κ2) is 9.49. The maximum Gasteiger partial charge on any atom is 0.326 e. The number of urea groups is 1. The summed E-state index contributed by atoms with van der Waals surface area (Å²) in [5, 5.41) is 14.1. The van der Waals surface area contributed by atoms with E-state index >= 15 is 0 Å². The molecule has 0 radical (unpaired) electrons. The van der Waals surface area contributed by atoms with Crippen LogP contribution in [0.5, 0.6) is 0 Å². The molecule has 0 unspecified atom stereocenters. The third kappa shape index (κ3) is 7.22. The molecule has 0 spiro atoms. The number of carboxylic acid groups (broad SMARTS) is 1. The Balaban J connectivity index is 2.30. The number of nitrogens with one attached hydrogen (secondary N) is 2. The van der Waals surface area contributed by atoms with E-state index in [2.05, 4.69) is 15.4 Å². The topological polar surface area (TPSA) is 105 Å². The second-order valence-electron chi connectivity index (χ2n) is 4.92. The molecule has 0 aliphatic carbocycles. The molecule has 0 aromatic carbocycles. The number of methoxy groups -OCH3 is 1. The molecule has 1 rings (SSSR count). The van der Waals surface area contributed by atoms with Crippen LogP contribution < -0.4 is 10.6 Å². The molecule has 0 aromatic heterocycles. The largest absolute Gasteiger partial charge is 0.480 e. The van der Waals surface area contributed by atoms with E-state index in [1.54, 1.807) is 0 Å². The van der Waals surface area contributed by atoms with Crippen molar-refractivity contribution in [2.24, 2.45) is 5.92 Å². The van der Waals surface area contributed by atoms with Gasteiger partial charge in [0.05, 0.1) is 7.11 Å². The van der Waals surface area contributed by atoms with Gasteiger partial charge in [0.25, 0.3) is 0 Å². The van der Waals surface area contributed by atoms with Crippen molar-refractivity contribution >= 4 is 29.7 Å². The minimum atomic E-state index is -1.16. The Kier molecular flexibility index (Phi) is 7.96. The van der Waals surface area contributed by atoms with Crippen LogP contribution in [0.3, 0.4) is 0 Å². The average Bonchev–Trinajstić information content (AvgIpc) is 2.49. The van der Waals surface area contributed by atoms with Gasteiger partial charge in [-0.1, -0.05) is 0 Å². The highest BCUT2D eigenvalue weighted by Gasteiger charge is 2.22. The fraction of sp³-hybridized carbons (Fsp3) is 0.769. The monoisotopic (exact) mass is 318 g/mol. The number of carbonyl (C=O) groups is 3. The van der Waals surface area contributed by atoms with Crippen molar-refractivity contribution < 1.29 is 24.2 Å². The number of aliphatic carboxylic acids is 1. The van der Waals surface area contributed by atoms with Crippen LogP contribution in [0.15, 0.2) is 0 Å². The van der Waals surface area contributed by atoms with Crippen LogP contribution in [0.25, 0.3) is 0 Å². The van der Waals surface area contributed by atoms with E-state index in [0.29, 0.717) is 12.5 Å². The van der Waals surface area contributed by atoms with E-state index in [-0.39, 0.29) is 12.8 Å². The summed E-state index contributed by atoms with van der Waals surface area (Å²) in [5.74, 6) is 0.997. The minimum Gasteiger partial charge on any atom is -0.480 e. The standard InChI is InChI=1S/C13H22N2O5S/c1-20-11(16)3-2-10(12(17)18)15-13(19)14-8-9-4-6-21-7-5-9/h9-10H,2-8H2,1H3,(H,17,18)(H2,14,15,19)/t10-/m0/s1. The van der Waals surface area contributed by atoms with Gasteiger partial charge in [-0.15, -0.1) is 0 Å². The van der Waals surface area contributed by atoms with Gasteiger partial charge in [0.2, 0.25) is 0 Å². The summed E-state index contributed by atoms with van der Waals surface area (Å²) in [6, 6.07) is -1.60. The predicted octanol–water partition coefficient (Wildman–Crippen LogP) is 0.835. The predicted molar refractivity (Wildman–Crippen MR) is 79.3 cm³/mol. The van der Waals surface area contributed by atoms with Crippen molar-refractivity contribution in [1.29, 1.82) is 0 Å². The molecule has 1 saturated heterocycles. The first-order valence-electron chi connectivity index (χ1n) is 6.94. The Labute approximate surface area is 128 Å².